The number of thiol groups is 1. The average molecular weight is 392 g/mol. The SMILES string of the molecule is CO[Si](CCCCC(S)CCCI)(OC)OC. The fraction of sp³-hybridized carbons (Fsp3) is 1.00. The third kappa shape index (κ3) is 8.04. The van der Waals surface area contributed by atoms with Crippen LogP contribution < -0.4 is 0 Å². The van der Waals surface area contributed by atoms with Crippen LogP contribution in [0.1, 0.15) is 32.1 Å². The lowest BCUT2D eigenvalue weighted by Crippen LogP contribution is -2.42. The van der Waals surface area contributed by atoms with Gasteiger partial charge in [0.05, 0.1) is 0 Å². The molecule has 0 aliphatic rings. The van der Waals surface area contributed by atoms with Gasteiger partial charge in [0.25, 0.3) is 0 Å². The van der Waals surface area contributed by atoms with Crippen molar-refractivity contribution in [2.75, 3.05) is 25.8 Å². The molecule has 0 fully saturated rings. The quantitative estimate of drug-likeness (QED) is 0.192. The van der Waals surface area contributed by atoms with Crippen LogP contribution in [0.25, 0.3) is 0 Å². The lowest BCUT2D eigenvalue weighted by molar-refractivity contribution is 0.122. The van der Waals surface area contributed by atoms with Crippen molar-refractivity contribution in [3.63, 3.8) is 0 Å². The number of hydrogen-bond acceptors (Lipinski definition) is 4. The molecule has 0 saturated carbocycles. The topological polar surface area (TPSA) is 27.7 Å². The maximum Gasteiger partial charge on any atom is 0.500 e. The van der Waals surface area contributed by atoms with E-state index in [4.69, 9.17) is 13.3 Å². The van der Waals surface area contributed by atoms with Gasteiger partial charge in [-0.1, -0.05) is 29.0 Å². The molecule has 104 valence electrons. The minimum atomic E-state index is -2.34. The number of rotatable bonds is 11. The van der Waals surface area contributed by atoms with Gasteiger partial charge in [-0.25, -0.2) is 0 Å². The fourth-order valence-corrected chi connectivity index (χ4v) is 4.34. The Morgan fingerprint density at radius 1 is 1.00 bits per heavy atom. The van der Waals surface area contributed by atoms with Crippen LogP contribution in [0.4, 0.5) is 0 Å². The van der Waals surface area contributed by atoms with Crippen molar-refractivity contribution in [3.05, 3.63) is 0 Å². The molecule has 0 aliphatic heterocycles. The molecule has 0 aromatic carbocycles. The second kappa shape index (κ2) is 11.0. The zero-order chi connectivity index (χ0) is 13.1. The molecule has 0 saturated heterocycles. The molecule has 0 rings (SSSR count). The first kappa shape index (κ1) is 18.2. The summed E-state index contributed by atoms with van der Waals surface area (Å²) in [5.74, 6) is 0. The van der Waals surface area contributed by atoms with Crippen LogP contribution in [0.2, 0.25) is 6.04 Å². The number of halogens is 1. The average Bonchev–Trinajstić information content (AvgIpc) is 2.37. The molecule has 0 aliphatic carbocycles. The smallest absolute Gasteiger partial charge is 0.377 e. The predicted octanol–water partition coefficient (Wildman–Crippen LogP) is 3.55. The van der Waals surface area contributed by atoms with Gasteiger partial charge < -0.3 is 13.3 Å². The van der Waals surface area contributed by atoms with E-state index >= 15 is 0 Å². The van der Waals surface area contributed by atoms with Gasteiger partial charge in [0, 0.05) is 32.6 Å². The summed E-state index contributed by atoms with van der Waals surface area (Å²) in [6.07, 6.45) is 5.90. The summed E-state index contributed by atoms with van der Waals surface area (Å²) in [5.41, 5.74) is 0. The van der Waals surface area contributed by atoms with Gasteiger partial charge in [-0.2, -0.15) is 12.6 Å². The molecule has 0 aromatic rings. The number of unbranched alkanes of at least 4 members (excludes halogenated alkanes) is 1. The molecule has 0 radical (unpaired) electrons. The second-order valence-corrected chi connectivity index (χ2v) is 8.93. The summed E-state index contributed by atoms with van der Waals surface area (Å²) in [6.45, 7) is 0. The summed E-state index contributed by atoms with van der Waals surface area (Å²) in [4.78, 5) is 0. The van der Waals surface area contributed by atoms with Crippen molar-refractivity contribution in [2.24, 2.45) is 0 Å². The molecule has 0 aromatic heterocycles. The van der Waals surface area contributed by atoms with Crippen LogP contribution in [0.15, 0.2) is 0 Å². The molecule has 1 unspecified atom stereocenters. The largest absolute Gasteiger partial charge is 0.500 e. The summed E-state index contributed by atoms with van der Waals surface area (Å²) < 4.78 is 17.4. The normalized spacial score (nSPS) is 13.9. The van der Waals surface area contributed by atoms with Crippen LogP contribution in [-0.2, 0) is 13.3 Å². The third-order valence-electron chi connectivity index (χ3n) is 2.87. The number of hydrogen-bond donors (Lipinski definition) is 1. The zero-order valence-electron chi connectivity index (χ0n) is 11.1. The van der Waals surface area contributed by atoms with Crippen molar-refractivity contribution in [2.45, 2.75) is 43.4 Å². The Kier molecular flexibility index (Phi) is 11.8. The molecule has 1 atom stereocenters. The van der Waals surface area contributed by atoms with Crippen LogP contribution in [0, 0.1) is 0 Å². The fourth-order valence-electron chi connectivity index (χ4n) is 1.73. The Bertz CT molecular complexity index is 174. The van der Waals surface area contributed by atoms with Crippen molar-refractivity contribution in [3.8, 4) is 0 Å². The maximum atomic E-state index is 5.38. The highest BCUT2D eigenvalue weighted by molar-refractivity contribution is 14.1. The molecule has 0 amide bonds. The van der Waals surface area contributed by atoms with Crippen molar-refractivity contribution in [1.29, 1.82) is 0 Å². The van der Waals surface area contributed by atoms with Gasteiger partial charge in [-0.15, -0.1) is 0 Å². The van der Waals surface area contributed by atoms with E-state index in [9.17, 15) is 0 Å². The van der Waals surface area contributed by atoms with E-state index in [0.717, 1.165) is 12.5 Å². The lowest BCUT2D eigenvalue weighted by atomic mass is 10.1. The minimum absolute atomic E-state index is 0.536. The highest BCUT2D eigenvalue weighted by Crippen LogP contribution is 2.20. The van der Waals surface area contributed by atoms with Crippen LogP contribution >= 0.6 is 35.2 Å². The van der Waals surface area contributed by atoms with Crippen molar-refractivity contribution >= 4 is 44.0 Å². The first-order valence-electron chi connectivity index (χ1n) is 6.03. The summed E-state index contributed by atoms with van der Waals surface area (Å²) in [5, 5.41) is 0.536. The molecule has 0 heterocycles. The Labute approximate surface area is 126 Å². The molecule has 0 N–H and O–H groups in total. The molecule has 6 heteroatoms. The molecular formula is C11H25IO3SSi. The van der Waals surface area contributed by atoms with E-state index in [2.05, 4.69) is 35.2 Å². The van der Waals surface area contributed by atoms with Crippen molar-refractivity contribution in [1.82, 2.24) is 0 Å². The first-order valence-corrected chi connectivity index (χ1v) is 10.0. The van der Waals surface area contributed by atoms with Crippen LogP contribution in [0.5, 0.6) is 0 Å². The second-order valence-electron chi connectivity index (χ2n) is 4.03. The Balaban J connectivity index is 3.68. The zero-order valence-corrected chi connectivity index (χ0v) is 15.1. The van der Waals surface area contributed by atoms with Crippen molar-refractivity contribution < 1.29 is 13.3 Å². The van der Waals surface area contributed by atoms with Gasteiger partial charge in [-0.3, -0.25) is 0 Å². The van der Waals surface area contributed by atoms with E-state index in [1.165, 1.54) is 30.1 Å². The Morgan fingerprint density at radius 2 is 1.53 bits per heavy atom. The Hall–Kier alpha value is 1.18. The van der Waals surface area contributed by atoms with E-state index in [-0.39, 0.29) is 0 Å². The molecular weight excluding hydrogens is 367 g/mol. The summed E-state index contributed by atoms with van der Waals surface area (Å²) >= 11 is 7.01. The summed E-state index contributed by atoms with van der Waals surface area (Å²) in [7, 11) is 2.66. The van der Waals surface area contributed by atoms with Gasteiger partial charge in [0.2, 0.25) is 0 Å². The molecule has 17 heavy (non-hydrogen) atoms. The van der Waals surface area contributed by atoms with Gasteiger partial charge in [0.1, 0.15) is 0 Å². The van der Waals surface area contributed by atoms with Gasteiger partial charge in [0.15, 0.2) is 0 Å². The molecule has 0 spiro atoms. The van der Waals surface area contributed by atoms with Crippen LogP contribution in [-0.4, -0.2) is 39.8 Å². The Morgan fingerprint density at radius 3 is 2.00 bits per heavy atom. The minimum Gasteiger partial charge on any atom is -0.377 e. The van der Waals surface area contributed by atoms with E-state index in [1.807, 2.05) is 0 Å². The molecule has 3 nitrogen and oxygen atoms in total. The highest BCUT2D eigenvalue weighted by Gasteiger charge is 2.36. The van der Waals surface area contributed by atoms with Gasteiger partial charge >= 0.3 is 8.80 Å². The van der Waals surface area contributed by atoms with Gasteiger partial charge in [-0.05, 0) is 30.1 Å². The monoisotopic (exact) mass is 392 g/mol. The highest BCUT2D eigenvalue weighted by atomic mass is 127. The first-order chi connectivity index (χ1) is 8.14. The summed E-state index contributed by atoms with van der Waals surface area (Å²) in [6, 6.07) is 0.892. The standard InChI is InChI=1S/C11H25IO3SSi/c1-13-17(14-2,15-3)10-5-4-7-11(16)8-6-9-12/h11,16H,4-10H2,1-3H3. The third-order valence-corrected chi connectivity index (χ3v) is 6.99. The maximum absolute atomic E-state index is 5.38. The van der Waals surface area contributed by atoms with E-state index < -0.39 is 8.80 Å². The lowest BCUT2D eigenvalue weighted by Gasteiger charge is -2.24. The predicted molar refractivity (Wildman–Crippen MR) is 86.3 cm³/mol. The van der Waals surface area contributed by atoms with E-state index in [0.29, 0.717) is 5.25 Å². The van der Waals surface area contributed by atoms with Crippen LogP contribution in [0.3, 0.4) is 0 Å². The van der Waals surface area contributed by atoms with E-state index in [1.54, 1.807) is 21.3 Å². The number of alkyl halides is 1. The molecule has 0 bridgehead atoms.